The van der Waals surface area contributed by atoms with E-state index in [4.69, 9.17) is 16.3 Å². The normalized spacial score (nSPS) is 19.3. The van der Waals surface area contributed by atoms with Gasteiger partial charge in [-0.25, -0.2) is 4.39 Å². The van der Waals surface area contributed by atoms with Crippen molar-refractivity contribution in [2.24, 2.45) is 5.92 Å². The number of hydrogen-bond donors (Lipinski definition) is 1. The molecule has 2 atom stereocenters. The van der Waals surface area contributed by atoms with Gasteiger partial charge >= 0.3 is 0 Å². The predicted octanol–water partition coefficient (Wildman–Crippen LogP) is 4.62. The minimum Gasteiger partial charge on any atom is -0.492 e. The zero-order valence-electron chi connectivity index (χ0n) is 12.7. The number of ether oxygens (including phenoxy) is 1. The highest BCUT2D eigenvalue weighted by atomic mass is 35.5. The van der Waals surface area contributed by atoms with Gasteiger partial charge in [-0.1, -0.05) is 29.8 Å². The molecular weight excluding hydrogens is 317 g/mol. The van der Waals surface area contributed by atoms with Crippen LogP contribution in [-0.2, 0) is 4.79 Å². The van der Waals surface area contributed by atoms with E-state index in [0.717, 1.165) is 12.0 Å². The number of benzene rings is 2. The largest absolute Gasteiger partial charge is 0.492 e. The average molecular weight is 334 g/mol. The molecule has 3 nitrogen and oxygen atoms in total. The summed E-state index contributed by atoms with van der Waals surface area (Å²) in [6.07, 6.45) is 0.765. The number of hydrogen-bond acceptors (Lipinski definition) is 2. The Kier molecular flexibility index (Phi) is 4.53. The van der Waals surface area contributed by atoms with Gasteiger partial charge in [0.1, 0.15) is 11.6 Å². The summed E-state index contributed by atoms with van der Waals surface area (Å²) in [5, 5.41) is 3.51. The fourth-order valence-corrected chi connectivity index (χ4v) is 2.98. The molecule has 120 valence electrons. The lowest BCUT2D eigenvalue weighted by atomic mass is 10.1. The predicted molar refractivity (Wildman–Crippen MR) is 88.5 cm³/mol. The lowest BCUT2D eigenvalue weighted by Crippen LogP contribution is -2.15. The number of carbonyl (C=O) groups is 1. The van der Waals surface area contributed by atoms with Crippen LogP contribution in [0, 0.1) is 11.7 Å². The summed E-state index contributed by atoms with van der Waals surface area (Å²) in [6, 6.07) is 11.7. The van der Waals surface area contributed by atoms with Gasteiger partial charge < -0.3 is 10.1 Å². The number of carbonyl (C=O) groups excluding carboxylic acids is 1. The molecule has 5 heteroatoms. The number of amides is 1. The molecule has 0 saturated heterocycles. The molecule has 1 amide bonds. The number of rotatable bonds is 5. The Bertz CT molecular complexity index is 735. The van der Waals surface area contributed by atoms with Crippen molar-refractivity contribution in [3.05, 3.63) is 58.9 Å². The second-order valence-corrected chi connectivity index (χ2v) is 5.94. The highest BCUT2D eigenvalue weighted by Gasteiger charge is 2.44. The van der Waals surface area contributed by atoms with Crippen molar-refractivity contribution in [3.8, 4) is 5.75 Å². The third kappa shape index (κ3) is 3.48. The molecule has 2 aromatic rings. The van der Waals surface area contributed by atoms with Crippen molar-refractivity contribution in [2.75, 3.05) is 11.9 Å². The molecule has 0 radical (unpaired) electrons. The van der Waals surface area contributed by atoms with Crippen LogP contribution >= 0.6 is 11.6 Å². The Hall–Kier alpha value is -2.07. The number of nitrogens with one attached hydrogen (secondary N) is 1. The SMILES string of the molecule is CCOc1cc(F)ccc1NC(=O)C1CC1c1ccccc1Cl. The van der Waals surface area contributed by atoms with Crippen molar-refractivity contribution < 1.29 is 13.9 Å². The number of halogens is 2. The summed E-state index contributed by atoms with van der Waals surface area (Å²) in [5.74, 6) is -0.126. The zero-order chi connectivity index (χ0) is 16.4. The molecule has 0 aromatic heterocycles. The van der Waals surface area contributed by atoms with Crippen LogP contribution in [0.25, 0.3) is 0 Å². The van der Waals surface area contributed by atoms with Gasteiger partial charge in [-0.2, -0.15) is 0 Å². The molecule has 1 saturated carbocycles. The van der Waals surface area contributed by atoms with Crippen molar-refractivity contribution in [3.63, 3.8) is 0 Å². The first-order chi connectivity index (χ1) is 11.1. The van der Waals surface area contributed by atoms with Gasteiger partial charge in [0, 0.05) is 17.0 Å². The molecule has 1 aliphatic carbocycles. The molecule has 1 N–H and O–H groups in total. The maximum absolute atomic E-state index is 13.3. The van der Waals surface area contributed by atoms with Gasteiger partial charge in [0.15, 0.2) is 0 Å². The Morgan fingerprint density at radius 3 is 2.87 bits per heavy atom. The van der Waals surface area contributed by atoms with Crippen molar-refractivity contribution >= 4 is 23.2 Å². The lowest BCUT2D eigenvalue weighted by Gasteiger charge is -2.11. The molecule has 0 aliphatic heterocycles. The molecule has 0 spiro atoms. The Labute approximate surface area is 139 Å². The smallest absolute Gasteiger partial charge is 0.228 e. The van der Waals surface area contributed by atoms with E-state index in [2.05, 4.69) is 5.32 Å². The van der Waals surface area contributed by atoms with Gasteiger partial charge in [-0.15, -0.1) is 0 Å². The van der Waals surface area contributed by atoms with E-state index >= 15 is 0 Å². The number of anilines is 1. The van der Waals surface area contributed by atoms with Crippen LogP contribution in [-0.4, -0.2) is 12.5 Å². The zero-order valence-corrected chi connectivity index (χ0v) is 13.4. The maximum atomic E-state index is 13.3. The first-order valence-electron chi connectivity index (χ1n) is 7.57. The summed E-state index contributed by atoms with van der Waals surface area (Å²) in [6.45, 7) is 2.21. The highest BCUT2D eigenvalue weighted by molar-refractivity contribution is 6.31. The van der Waals surface area contributed by atoms with E-state index < -0.39 is 5.82 Å². The van der Waals surface area contributed by atoms with E-state index in [1.54, 1.807) is 0 Å². The van der Waals surface area contributed by atoms with Crippen LogP contribution in [0.1, 0.15) is 24.8 Å². The van der Waals surface area contributed by atoms with E-state index in [9.17, 15) is 9.18 Å². The third-order valence-electron chi connectivity index (χ3n) is 3.93. The van der Waals surface area contributed by atoms with E-state index in [1.165, 1.54) is 18.2 Å². The quantitative estimate of drug-likeness (QED) is 0.867. The van der Waals surface area contributed by atoms with Crippen LogP contribution in [0.15, 0.2) is 42.5 Å². The van der Waals surface area contributed by atoms with Crippen LogP contribution in [0.2, 0.25) is 5.02 Å². The molecule has 1 fully saturated rings. The van der Waals surface area contributed by atoms with Gasteiger partial charge in [0.25, 0.3) is 0 Å². The second-order valence-electron chi connectivity index (χ2n) is 5.53. The fraction of sp³-hybridized carbons (Fsp3) is 0.278. The highest BCUT2D eigenvalue weighted by Crippen LogP contribution is 2.50. The van der Waals surface area contributed by atoms with Crippen LogP contribution in [0.3, 0.4) is 0 Å². The lowest BCUT2D eigenvalue weighted by molar-refractivity contribution is -0.117. The minimum atomic E-state index is -0.396. The monoisotopic (exact) mass is 333 g/mol. The van der Waals surface area contributed by atoms with E-state index in [1.807, 2.05) is 31.2 Å². The molecule has 3 rings (SSSR count). The topological polar surface area (TPSA) is 38.3 Å². The molecule has 2 unspecified atom stereocenters. The average Bonchev–Trinajstić information content (AvgIpc) is 3.31. The van der Waals surface area contributed by atoms with Gasteiger partial charge in [0.2, 0.25) is 5.91 Å². The van der Waals surface area contributed by atoms with Crippen LogP contribution < -0.4 is 10.1 Å². The first-order valence-corrected chi connectivity index (χ1v) is 7.95. The summed E-state index contributed by atoms with van der Waals surface area (Å²) >= 11 is 6.18. The maximum Gasteiger partial charge on any atom is 0.228 e. The molecule has 0 heterocycles. The van der Waals surface area contributed by atoms with E-state index in [0.29, 0.717) is 23.1 Å². The summed E-state index contributed by atoms with van der Waals surface area (Å²) in [7, 11) is 0. The third-order valence-corrected chi connectivity index (χ3v) is 4.28. The van der Waals surface area contributed by atoms with Crippen molar-refractivity contribution in [1.29, 1.82) is 0 Å². The van der Waals surface area contributed by atoms with Gasteiger partial charge in [0.05, 0.1) is 12.3 Å². The fourth-order valence-electron chi connectivity index (χ4n) is 2.70. The van der Waals surface area contributed by atoms with Crippen LogP contribution in [0.5, 0.6) is 5.75 Å². The Balaban J connectivity index is 1.71. The van der Waals surface area contributed by atoms with Crippen molar-refractivity contribution in [2.45, 2.75) is 19.3 Å². The van der Waals surface area contributed by atoms with Crippen LogP contribution in [0.4, 0.5) is 10.1 Å². The van der Waals surface area contributed by atoms with E-state index in [-0.39, 0.29) is 17.7 Å². The Morgan fingerprint density at radius 2 is 2.13 bits per heavy atom. The summed E-state index contributed by atoms with van der Waals surface area (Å²) in [5.41, 5.74) is 1.49. The van der Waals surface area contributed by atoms with Crippen molar-refractivity contribution in [1.82, 2.24) is 0 Å². The molecular formula is C18H17ClFNO2. The molecule has 2 aromatic carbocycles. The Morgan fingerprint density at radius 1 is 1.35 bits per heavy atom. The summed E-state index contributed by atoms with van der Waals surface area (Å²) < 4.78 is 18.7. The standard InChI is InChI=1S/C18H17ClFNO2/c1-2-23-17-9-11(20)7-8-16(17)21-18(22)14-10-13(14)12-5-3-4-6-15(12)19/h3-9,13-14H,2,10H2,1H3,(H,21,22). The van der Waals surface area contributed by atoms with Gasteiger partial charge in [-0.3, -0.25) is 4.79 Å². The second kappa shape index (κ2) is 6.59. The molecule has 23 heavy (non-hydrogen) atoms. The minimum absolute atomic E-state index is 0.0949. The molecule has 0 bridgehead atoms. The summed E-state index contributed by atoms with van der Waals surface area (Å²) in [4.78, 5) is 12.4. The molecule has 1 aliphatic rings. The van der Waals surface area contributed by atoms with Gasteiger partial charge in [-0.05, 0) is 43.0 Å². The first kappa shape index (κ1) is 15.8.